The molecule has 0 aliphatic carbocycles. The zero-order valence-electron chi connectivity index (χ0n) is 5.13. The Balaban J connectivity index is -0.0000000417. The van der Waals surface area contributed by atoms with E-state index in [2.05, 4.69) is 0 Å². The number of carbonyl (C=O) groups excluding carboxylic acids is 2. The van der Waals surface area contributed by atoms with E-state index in [0.29, 0.717) is 0 Å². The summed E-state index contributed by atoms with van der Waals surface area (Å²) in [6.07, 6.45) is 0. The molecule has 9 heavy (non-hydrogen) atoms. The van der Waals surface area contributed by atoms with Gasteiger partial charge in [0.05, 0.1) is 11.9 Å². The monoisotopic (exact) mass is 152 g/mol. The van der Waals surface area contributed by atoms with Gasteiger partial charge in [-0.25, -0.2) is 0 Å². The maximum Gasteiger partial charge on any atom is 1.00 e. The van der Waals surface area contributed by atoms with E-state index in [1.807, 2.05) is 0 Å². The van der Waals surface area contributed by atoms with E-state index in [-0.39, 0.29) is 64.6 Å². The van der Waals surface area contributed by atoms with E-state index < -0.39 is 11.9 Å². The molecule has 0 aromatic rings. The summed E-state index contributed by atoms with van der Waals surface area (Å²) in [6.45, 7) is 0. The molecule has 0 atom stereocenters. The SMILES string of the molecule is O.O=C([O-])C(=O)[O-].[Na+].[Na+]. The van der Waals surface area contributed by atoms with Gasteiger partial charge in [0.15, 0.2) is 0 Å². The zero-order valence-corrected chi connectivity index (χ0v) is 9.13. The van der Waals surface area contributed by atoms with E-state index in [1.165, 1.54) is 0 Å². The van der Waals surface area contributed by atoms with E-state index in [9.17, 15) is 0 Å². The molecular formula is C2H2Na2O5. The van der Waals surface area contributed by atoms with Crippen LogP contribution in [0.5, 0.6) is 0 Å². The smallest absolute Gasteiger partial charge is 0.543 e. The van der Waals surface area contributed by atoms with Gasteiger partial charge in [-0.15, -0.1) is 0 Å². The molecule has 0 aliphatic rings. The Morgan fingerprint density at radius 3 is 1.00 bits per heavy atom. The fourth-order valence-electron chi connectivity index (χ4n) is 0. The molecule has 0 saturated carbocycles. The maximum atomic E-state index is 8.93. The van der Waals surface area contributed by atoms with E-state index in [4.69, 9.17) is 19.8 Å². The van der Waals surface area contributed by atoms with Crippen LogP contribution in [0.15, 0.2) is 0 Å². The number of aliphatic carboxylic acids is 2. The third-order valence-corrected chi connectivity index (χ3v) is 0.167. The molecule has 0 aromatic carbocycles. The number of rotatable bonds is 0. The zero-order chi connectivity index (χ0) is 5.15. The van der Waals surface area contributed by atoms with E-state index in [0.717, 1.165) is 0 Å². The third kappa shape index (κ3) is 17.6. The summed E-state index contributed by atoms with van der Waals surface area (Å²) in [5, 5.41) is 17.9. The number of carbonyl (C=O) groups is 2. The molecule has 2 N–H and O–H groups in total. The molecule has 0 fully saturated rings. The molecule has 7 heteroatoms. The minimum atomic E-state index is -2.19. The van der Waals surface area contributed by atoms with Gasteiger partial charge >= 0.3 is 59.1 Å². The van der Waals surface area contributed by atoms with Crippen LogP contribution in [-0.2, 0) is 9.59 Å². The molecule has 42 valence electrons. The molecule has 0 amide bonds. The molecule has 0 aromatic heterocycles. The summed E-state index contributed by atoms with van der Waals surface area (Å²) < 4.78 is 0. The van der Waals surface area contributed by atoms with Crippen molar-refractivity contribution in [3.63, 3.8) is 0 Å². The van der Waals surface area contributed by atoms with Crippen molar-refractivity contribution in [3.8, 4) is 0 Å². The number of carboxylic acids is 2. The molecule has 0 rings (SSSR count). The summed E-state index contributed by atoms with van der Waals surface area (Å²) in [5.41, 5.74) is 0. The average molecular weight is 152 g/mol. The molecule has 0 spiro atoms. The normalized spacial score (nSPS) is 4.89. The van der Waals surface area contributed by atoms with Gasteiger partial charge in [0.2, 0.25) is 0 Å². The number of hydrogen-bond acceptors (Lipinski definition) is 4. The summed E-state index contributed by atoms with van der Waals surface area (Å²) in [7, 11) is 0. The van der Waals surface area contributed by atoms with Crippen LogP contribution in [0.1, 0.15) is 0 Å². The second-order valence-corrected chi connectivity index (χ2v) is 0.575. The van der Waals surface area contributed by atoms with Gasteiger partial charge in [-0.2, -0.15) is 0 Å². The molecule has 0 aliphatic heterocycles. The first-order valence-electron chi connectivity index (χ1n) is 1.07. The van der Waals surface area contributed by atoms with Crippen molar-refractivity contribution in [2.75, 3.05) is 0 Å². The molecule has 5 nitrogen and oxygen atoms in total. The van der Waals surface area contributed by atoms with Gasteiger partial charge in [0.1, 0.15) is 0 Å². The van der Waals surface area contributed by atoms with Crippen LogP contribution in [0.4, 0.5) is 0 Å². The van der Waals surface area contributed by atoms with Crippen molar-refractivity contribution < 1.29 is 84.4 Å². The van der Waals surface area contributed by atoms with Crippen molar-refractivity contribution in [3.05, 3.63) is 0 Å². The molecule has 0 saturated heterocycles. The standard InChI is InChI=1S/C2H2O4.2Na.H2O/c3-1(4)2(5)6;;;/h(H,3,4)(H,5,6);;;1H2/q;2*+1;/p-2. The largest absolute Gasteiger partial charge is 1.00 e. The molecule has 0 radical (unpaired) electrons. The Bertz CT molecular complexity index is 79.0. The van der Waals surface area contributed by atoms with Gasteiger partial charge < -0.3 is 25.3 Å². The van der Waals surface area contributed by atoms with Crippen LogP contribution in [-0.4, -0.2) is 17.4 Å². The fraction of sp³-hybridized carbons (Fsp3) is 0. The fourth-order valence-corrected chi connectivity index (χ4v) is 0. The predicted molar refractivity (Wildman–Crippen MR) is 13.6 cm³/mol. The van der Waals surface area contributed by atoms with Crippen LogP contribution < -0.4 is 69.3 Å². The van der Waals surface area contributed by atoms with Crippen molar-refractivity contribution in [2.24, 2.45) is 0 Å². The Hall–Kier alpha value is 0.900. The van der Waals surface area contributed by atoms with Crippen molar-refractivity contribution in [1.82, 2.24) is 0 Å². The Morgan fingerprint density at radius 2 is 1.00 bits per heavy atom. The summed E-state index contributed by atoms with van der Waals surface area (Å²) in [5.74, 6) is -4.37. The predicted octanol–water partition coefficient (Wildman–Crippen LogP) is -10.3. The Kier molecular flexibility index (Phi) is 29.2. The van der Waals surface area contributed by atoms with Crippen molar-refractivity contribution in [2.45, 2.75) is 0 Å². The van der Waals surface area contributed by atoms with E-state index in [1.54, 1.807) is 0 Å². The molecular weight excluding hydrogens is 150 g/mol. The molecule has 0 bridgehead atoms. The van der Waals surface area contributed by atoms with Crippen LogP contribution in [0, 0.1) is 0 Å². The van der Waals surface area contributed by atoms with Gasteiger partial charge in [-0.05, 0) is 0 Å². The first kappa shape index (κ1) is 22.5. The van der Waals surface area contributed by atoms with Gasteiger partial charge in [-0.1, -0.05) is 0 Å². The minimum absolute atomic E-state index is 0. The second-order valence-electron chi connectivity index (χ2n) is 0.575. The Morgan fingerprint density at radius 1 is 0.889 bits per heavy atom. The van der Waals surface area contributed by atoms with Crippen LogP contribution >= 0.6 is 0 Å². The number of hydrogen-bond donors (Lipinski definition) is 0. The maximum absolute atomic E-state index is 8.93. The van der Waals surface area contributed by atoms with Gasteiger partial charge in [-0.3, -0.25) is 0 Å². The Labute approximate surface area is 95.3 Å². The topological polar surface area (TPSA) is 112 Å². The summed E-state index contributed by atoms with van der Waals surface area (Å²) in [4.78, 5) is 17.9. The first-order valence-corrected chi connectivity index (χ1v) is 1.07. The van der Waals surface area contributed by atoms with Gasteiger partial charge in [0.25, 0.3) is 0 Å². The van der Waals surface area contributed by atoms with E-state index >= 15 is 0 Å². The summed E-state index contributed by atoms with van der Waals surface area (Å²) in [6, 6.07) is 0. The van der Waals surface area contributed by atoms with Crippen molar-refractivity contribution in [1.29, 1.82) is 0 Å². The first-order chi connectivity index (χ1) is 2.64. The van der Waals surface area contributed by atoms with Crippen LogP contribution in [0.2, 0.25) is 0 Å². The quantitative estimate of drug-likeness (QED) is 0.253. The average Bonchev–Trinajstić information content (AvgIpc) is 1.36. The third-order valence-electron chi connectivity index (χ3n) is 0.167. The minimum Gasteiger partial charge on any atom is -0.543 e. The second kappa shape index (κ2) is 11.7. The van der Waals surface area contributed by atoms with Gasteiger partial charge in [0, 0.05) is 0 Å². The number of carboxylic acid groups (broad SMARTS) is 2. The van der Waals surface area contributed by atoms with Crippen molar-refractivity contribution >= 4 is 11.9 Å². The summed E-state index contributed by atoms with van der Waals surface area (Å²) >= 11 is 0. The molecule has 0 heterocycles. The molecule has 0 unspecified atom stereocenters. The van der Waals surface area contributed by atoms with Crippen LogP contribution in [0.3, 0.4) is 0 Å². The van der Waals surface area contributed by atoms with Crippen LogP contribution in [0.25, 0.3) is 0 Å².